The largest absolute Gasteiger partial charge is 0.331 e. The van der Waals surface area contributed by atoms with Gasteiger partial charge in [-0.15, -0.1) is 10.2 Å². The molecule has 2 aliphatic heterocycles. The van der Waals surface area contributed by atoms with E-state index in [1.807, 2.05) is 4.90 Å². The average molecular weight is 353 g/mol. The highest BCUT2D eigenvalue weighted by Gasteiger charge is 2.33. The number of likely N-dealkylation sites (tertiary alicyclic amines) is 1. The Morgan fingerprint density at radius 1 is 1.19 bits per heavy atom. The highest BCUT2D eigenvalue weighted by atomic mass is 16.2. The number of hydrogen-bond acceptors (Lipinski definition) is 3. The molecule has 1 N–H and O–H groups in total. The molecule has 2 atom stereocenters. The second-order valence-electron chi connectivity index (χ2n) is 7.61. The van der Waals surface area contributed by atoms with E-state index in [1.165, 1.54) is 11.1 Å². The number of rotatable bonds is 3. The molecule has 138 valence electrons. The Bertz CT molecular complexity index is 782. The van der Waals surface area contributed by atoms with Gasteiger partial charge in [-0.25, -0.2) is 4.79 Å². The van der Waals surface area contributed by atoms with Crippen LogP contribution in [0, 0.1) is 12.8 Å². The van der Waals surface area contributed by atoms with Gasteiger partial charge in [0.05, 0.1) is 12.6 Å². The van der Waals surface area contributed by atoms with Gasteiger partial charge in [0.25, 0.3) is 0 Å². The zero-order chi connectivity index (χ0) is 18.1. The van der Waals surface area contributed by atoms with Crippen LogP contribution in [-0.2, 0) is 19.5 Å². The normalized spacial score (nSPS) is 22.3. The summed E-state index contributed by atoms with van der Waals surface area (Å²) in [6.07, 6.45) is 4.31. The third-order valence-electron chi connectivity index (χ3n) is 5.70. The minimum atomic E-state index is -0.00234. The van der Waals surface area contributed by atoms with Crippen molar-refractivity contribution in [3.63, 3.8) is 0 Å². The highest BCUT2D eigenvalue weighted by Crippen LogP contribution is 2.35. The van der Waals surface area contributed by atoms with E-state index < -0.39 is 0 Å². The molecule has 3 heterocycles. The topological polar surface area (TPSA) is 63.1 Å². The number of urea groups is 1. The van der Waals surface area contributed by atoms with E-state index in [0.29, 0.717) is 12.5 Å². The van der Waals surface area contributed by atoms with E-state index in [2.05, 4.69) is 58.2 Å². The molecule has 2 amide bonds. The summed E-state index contributed by atoms with van der Waals surface area (Å²) in [5, 5.41) is 11.5. The average Bonchev–Trinajstić information content (AvgIpc) is 3.24. The van der Waals surface area contributed by atoms with Crippen LogP contribution in [0.25, 0.3) is 0 Å². The lowest BCUT2D eigenvalue weighted by Gasteiger charge is -2.40. The second kappa shape index (κ2) is 7.09. The lowest BCUT2D eigenvalue weighted by atomic mass is 9.86. The van der Waals surface area contributed by atoms with Crippen molar-refractivity contribution in [1.29, 1.82) is 0 Å². The van der Waals surface area contributed by atoms with E-state index in [1.54, 1.807) is 0 Å². The van der Waals surface area contributed by atoms with E-state index >= 15 is 0 Å². The molecule has 6 nitrogen and oxygen atoms in total. The van der Waals surface area contributed by atoms with Crippen molar-refractivity contribution in [2.24, 2.45) is 5.92 Å². The number of aryl methyl sites for hydroxylation is 2. The Balaban J connectivity index is 1.48. The summed E-state index contributed by atoms with van der Waals surface area (Å²) < 4.78 is 2.14. The number of benzene rings is 1. The van der Waals surface area contributed by atoms with E-state index in [-0.39, 0.29) is 12.1 Å². The van der Waals surface area contributed by atoms with Crippen molar-refractivity contribution in [3.05, 3.63) is 47.0 Å². The molecular weight excluding hydrogens is 326 g/mol. The Kier molecular flexibility index (Phi) is 4.66. The Hall–Kier alpha value is -2.37. The van der Waals surface area contributed by atoms with Crippen molar-refractivity contribution >= 4 is 6.03 Å². The number of aromatic nitrogens is 3. The molecule has 2 aliphatic rings. The maximum Gasteiger partial charge on any atom is 0.318 e. The molecule has 1 saturated heterocycles. The number of nitrogens with one attached hydrogen (secondary N) is 1. The van der Waals surface area contributed by atoms with Crippen molar-refractivity contribution in [2.45, 2.75) is 58.7 Å². The van der Waals surface area contributed by atoms with E-state index in [9.17, 15) is 4.79 Å². The lowest BCUT2D eigenvalue weighted by molar-refractivity contribution is 0.119. The summed E-state index contributed by atoms with van der Waals surface area (Å²) in [5.41, 5.74) is 2.47. The molecule has 1 aromatic carbocycles. The molecular formula is C20H27N5O. The molecule has 0 aliphatic carbocycles. The van der Waals surface area contributed by atoms with Gasteiger partial charge in [0.1, 0.15) is 5.82 Å². The smallest absolute Gasteiger partial charge is 0.318 e. The summed E-state index contributed by atoms with van der Waals surface area (Å²) >= 11 is 0. The zero-order valence-corrected chi connectivity index (χ0v) is 15.6. The number of nitrogens with zero attached hydrogens (tertiary/aromatic N) is 4. The molecule has 1 aromatic heterocycles. The van der Waals surface area contributed by atoms with E-state index in [4.69, 9.17) is 0 Å². The second-order valence-corrected chi connectivity index (χ2v) is 7.61. The van der Waals surface area contributed by atoms with Crippen LogP contribution in [0.3, 0.4) is 0 Å². The van der Waals surface area contributed by atoms with Crippen LogP contribution >= 0.6 is 0 Å². The molecule has 2 aromatic rings. The van der Waals surface area contributed by atoms with Crippen LogP contribution in [0.1, 0.15) is 55.0 Å². The number of carbonyl (C=O) groups excluding carboxylic acids is 1. The van der Waals surface area contributed by atoms with Crippen LogP contribution < -0.4 is 5.32 Å². The van der Waals surface area contributed by atoms with Gasteiger partial charge in [0.15, 0.2) is 5.82 Å². The minimum absolute atomic E-state index is 0.00234. The monoisotopic (exact) mass is 353 g/mol. The zero-order valence-electron chi connectivity index (χ0n) is 15.6. The first-order chi connectivity index (χ1) is 12.6. The molecule has 0 unspecified atom stereocenters. The van der Waals surface area contributed by atoms with Crippen LogP contribution in [0.5, 0.6) is 0 Å². The fourth-order valence-electron chi connectivity index (χ4n) is 4.29. The lowest BCUT2D eigenvalue weighted by Crippen LogP contribution is -2.47. The van der Waals surface area contributed by atoms with Crippen LogP contribution in [0.2, 0.25) is 0 Å². The molecule has 0 bridgehead atoms. The predicted octanol–water partition coefficient (Wildman–Crippen LogP) is 3.22. The summed E-state index contributed by atoms with van der Waals surface area (Å²) in [4.78, 5) is 14.9. The Labute approximate surface area is 154 Å². The number of fused-ring (bicyclic) bond motifs is 1. The first kappa shape index (κ1) is 17.1. The standard InChI is InChI=1S/C20H27N5O/c1-14-7-9-16(10-8-14)19-15(2)5-3-12-25(19)20(26)21-13-18-23-22-17-6-4-11-24(17)18/h7-10,15,19H,3-6,11-13H2,1-2H3,(H,21,26)/t15-,19-/m1/s1. The summed E-state index contributed by atoms with van der Waals surface area (Å²) in [7, 11) is 0. The van der Waals surface area contributed by atoms with Crippen LogP contribution in [0.15, 0.2) is 24.3 Å². The van der Waals surface area contributed by atoms with Gasteiger partial charge in [-0.1, -0.05) is 36.8 Å². The number of carbonyl (C=O) groups is 1. The third kappa shape index (κ3) is 3.20. The van der Waals surface area contributed by atoms with Crippen LogP contribution in [-0.4, -0.2) is 32.2 Å². The summed E-state index contributed by atoms with van der Waals surface area (Å²) in [5.74, 6) is 2.36. The van der Waals surface area contributed by atoms with Gasteiger partial charge < -0.3 is 14.8 Å². The fourth-order valence-corrected chi connectivity index (χ4v) is 4.29. The minimum Gasteiger partial charge on any atom is -0.331 e. The maximum atomic E-state index is 12.9. The number of piperidine rings is 1. The number of hydrogen-bond donors (Lipinski definition) is 1. The van der Waals surface area contributed by atoms with Gasteiger partial charge >= 0.3 is 6.03 Å². The van der Waals surface area contributed by atoms with Crippen molar-refractivity contribution in [3.8, 4) is 0 Å². The molecule has 6 heteroatoms. The first-order valence-electron chi connectivity index (χ1n) is 9.65. The molecule has 0 saturated carbocycles. The SMILES string of the molecule is Cc1ccc([C@H]2[C@H](C)CCCN2C(=O)NCc2nnc3n2CCC3)cc1. The third-order valence-corrected chi connectivity index (χ3v) is 5.70. The molecule has 0 radical (unpaired) electrons. The van der Waals surface area contributed by atoms with Gasteiger partial charge in [0.2, 0.25) is 0 Å². The van der Waals surface area contributed by atoms with Crippen LogP contribution in [0.4, 0.5) is 4.79 Å². The summed E-state index contributed by atoms with van der Waals surface area (Å²) in [6.45, 7) is 6.54. The predicted molar refractivity (Wildman–Crippen MR) is 99.6 cm³/mol. The highest BCUT2D eigenvalue weighted by molar-refractivity contribution is 5.75. The van der Waals surface area contributed by atoms with Gasteiger partial charge in [0, 0.05) is 19.5 Å². The maximum absolute atomic E-state index is 12.9. The number of amides is 2. The van der Waals surface area contributed by atoms with Gasteiger partial charge in [-0.3, -0.25) is 0 Å². The van der Waals surface area contributed by atoms with Crippen molar-refractivity contribution in [1.82, 2.24) is 25.0 Å². The van der Waals surface area contributed by atoms with Gasteiger partial charge in [-0.05, 0) is 37.7 Å². The fraction of sp³-hybridized carbons (Fsp3) is 0.550. The Morgan fingerprint density at radius 3 is 2.81 bits per heavy atom. The van der Waals surface area contributed by atoms with E-state index in [0.717, 1.165) is 50.4 Å². The Morgan fingerprint density at radius 2 is 2.00 bits per heavy atom. The molecule has 0 spiro atoms. The molecule has 26 heavy (non-hydrogen) atoms. The molecule has 4 rings (SSSR count). The van der Waals surface area contributed by atoms with Gasteiger partial charge in [-0.2, -0.15) is 0 Å². The first-order valence-corrected chi connectivity index (χ1v) is 9.65. The quantitative estimate of drug-likeness (QED) is 0.921. The van der Waals surface area contributed by atoms with Crippen molar-refractivity contribution < 1.29 is 4.79 Å². The summed E-state index contributed by atoms with van der Waals surface area (Å²) in [6, 6.07) is 8.71. The molecule has 1 fully saturated rings. The van der Waals surface area contributed by atoms with Crippen molar-refractivity contribution in [2.75, 3.05) is 6.54 Å².